The summed E-state index contributed by atoms with van der Waals surface area (Å²) in [6.45, 7) is 1.96. The summed E-state index contributed by atoms with van der Waals surface area (Å²) in [7, 11) is 0. The standard InChI is InChI=1S/C19H15NO3/c1-12-5-10-17(18-15(12)3-2-4-16(18)21)23-19(22)14-8-6-13(11-20)7-9-14/h5-10H,2-4H2,1H3. The summed E-state index contributed by atoms with van der Waals surface area (Å²) < 4.78 is 5.46. The Bertz CT molecular complexity index is 829. The van der Waals surface area contributed by atoms with Crippen LogP contribution in [-0.2, 0) is 6.42 Å². The summed E-state index contributed by atoms with van der Waals surface area (Å²) in [4.78, 5) is 24.5. The molecule has 0 aliphatic heterocycles. The first-order valence-electron chi connectivity index (χ1n) is 7.48. The fourth-order valence-electron chi connectivity index (χ4n) is 2.83. The number of hydrogen-bond donors (Lipinski definition) is 0. The summed E-state index contributed by atoms with van der Waals surface area (Å²) in [5, 5.41) is 8.79. The second-order valence-electron chi connectivity index (χ2n) is 5.59. The van der Waals surface area contributed by atoms with Gasteiger partial charge in [0.2, 0.25) is 0 Å². The van der Waals surface area contributed by atoms with E-state index in [1.807, 2.05) is 19.1 Å². The van der Waals surface area contributed by atoms with E-state index < -0.39 is 5.97 Å². The first kappa shape index (κ1) is 15.0. The van der Waals surface area contributed by atoms with E-state index in [1.165, 1.54) is 0 Å². The average molecular weight is 305 g/mol. The number of carbonyl (C=O) groups excluding carboxylic acids is 2. The van der Waals surface area contributed by atoms with Crippen molar-refractivity contribution in [1.82, 2.24) is 0 Å². The molecule has 23 heavy (non-hydrogen) atoms. The molecule has 0 aromatic heterocycles. The maximum Gasteiger partial charge on any atom is 0.343 e. The molecule has 0 atom stereocenters. The lowest BCUT2D eigenvalue weighted by Crippen LogP contribution is -2.17. The third-order valence-corrected chi connectivity index (χ3v) is 4.07. The van der Waals surface area contributed by atoms with Gasteiger partial charge in [0.05, 0.1) is 22.8 Å². The largest absolute Gasteiger partial charge is 0.422 e. The second kappa shape index (κ2) is 6.05. The van der Waals surface area contributed by atoms with Gasteiger partial charge in [0, 0.05) is 6.42 Å². The van der Waals surface area contributed by atoms with Gasteiger partial charge in [0.25, 0.3) is 0 Å². The molecule has 0 saturated carbocycles. The molecule has 1 aliphatic carbocycles. The zero-order valence-electron chi connectivity index (χ0n) is 12.8. The van der Waals surface area contributed by atoms with Crippen LogP contribution in [-0.4, -0.2) is 11.8 Å². The summed E-state index contributed by atoms with van der Waals surface area (Å²) >= 11 is 0. The van der Waals surface area contributed by atoms with Crippen LogP contribution in [0.3, 0.4) is 0 Å². The smallest absolute Gasteiger partial charge is 0.343 e. The Labute approximate surface area is 134 Å². The lowest BCUT2D eigenvalue weighted by atomic mass is 9.87. The first-order chi connectivity index (χ1) is 11.1. The lowest BCUT2D eigenvalue weighted by Gasteiger charge is -2.20. The number of rotatable bonds is 2. The lowest BCUT2D eigenvalue weighted by molar-refractivity contribution is 0.0732. The quantitative estimate of drug-likeness (QED) is 0.628. The Morgan fingerprint density at radius 2 is 1.87 bits per heavy atom. The number of carbonyl (C=O) groups is 2. The Morgan fingerprint density at radius 3 is 2.57 bits per heavy atom. The number of nitrogens with zero attached hydrogens (tertiary/aromatic N) is 1. The summed E-state index contributed by atoms with van der Waals surface area (Å²) in [6, 6.07) is 11.8. The molecular formula is C19H15NO3. The highest BCUT2D eigenvalue weighted by Crippen LogP contribution is 2.32. The van der Waals surface area contributed by atoms with Gasteiger partial charge in [-0.1, -0.05) is 6.07 Å². The van der Waals surface area contributed by atoms with Gasteiger partial charge in [-0.05, 0) is 61.2 Å². The van der Waals surface area contributed by atoms with E-state index in [0.29, 0.717) is 28.9 Å². The Kier molecular flexibility index (Phi) is 3.94. The number of fused-ring (bicyclic) bond motifs is 1. The number of ether oxygens (including phenoxy) is 1. The Morgan fingerprint density at radius 1 is 1.13 bits per heavy atom. The van der Waals surface area contributed by atoms with Gasteiger partial charge in [0.15, 0.2) is 5.78 Å². The summed E-state index contributed by atoms with van der Waals surface area (Å²) in [5.41, 5.74) is 3.39. The molecule has 0 unspecified atom stereocenters. The summed E-state index contributed by atoms with van der Waals surface area (Å²) in [6.07, 6.45) is 2.15. The van der Waals surface area contributed by atoms with Crippen LogP contribution in [0.4, 0.5) is 0 Å². The predicted molar refractivity (Wildman–Crippen MR) is 84.6 cm³/mol. The van der Waals surface area contributed by atoms with Crippen LogP contribution in [0, 0.1) is 18.3 Å². The van der Waals surface area contributed by atoms with Crippen LogP contribution in [0.1, 0.15) is 50.2 Å². The number of hydrogen-bond acceptors (Lipinski definition) is 4. The van der Waals surface area contributed by atoms with Crippen molar-refractivity contribution in [3.8, 4) is 11.8 Å². The zero-order chi connectivity index (χ0) is 16.4. The number of benzene rings is 2. The minimum atomic E-state index is -0.529. The van der Waals surface area contributed by atoms with E-state index in [1.54, 1.807) is 30.3 Å². The van der Waals surface area contributed by atoms with E-state index in [0.717, 1.165) is 24.0 Å². The van der Waals surface area contributed by atoms with E-state index in [-0.39, 0.29) is 5.78 Å². The minimum Gasteiger partial charge on any atom is -0.422 e. The van der Waals surface area contributed by atoms with Gasteiger partial charge in [-0.25, -0.2) is 4.79 Å². The molecule has 0 amide bonds. The predicted octanol–water partition coefficient (Wildman–Crippen LogP) is 3.60. The van der Waals surface area contributed by atoms with Gasteiger partial charge in [-0.2, -0.15) is 5.26 Å². The number of ketones is 1. The van der Waals surface area contributed by atoms with Gasteiger partial charge in [0.1, 0.15) is 5.75 Å². The first-order valence-corrected chi connectivity index (χ1v) is 7.48. The van der Waals surface area contributed by atoms with Gasteiger partial charge in [-0.3, -0.25) is 4.79 Å². The van der Waals surface area contributed by atoms with Crippen molar-refractivity contribution in [2.24, 2.45) is 0 Å². The molecule has 4 nitrogen and oxygen atoms in total. The molecule has 0 radical (unpaired) electrons. The molecule has 0 fully saturated rings. The van der Waals surface area contributed by atoms with Crippen molar-refractivity contribution < 1.29 is 14.3 Å². The van der Waals surface area contributed by atoms with Gasteiger partial charge < -0.3 is 4.74 Å². The van der Waals surface area contributed by atoms with Crippen LogP contribution >= 0.6 is 0 Å². The van der Waals surface area contributed by atoms with E-state index >= 15 is 0 Å². The normalized spacial score (nSPS) is 13.1. The van der Waals surface area contributed by atoms with Crippen LogP contribution in [0.25, 0.3) is 0 Å². The fraction of sp³-hybridized carbons (Fsp3) is 0.211. The summed E-state index contributed by atoms with van der Waals surface area (Å²) in [5.74, 6) is -0.179. The monoisotopic (exact) mass is 305 g/mol. The molecule has 0 bridgehead atoms. The maximum atomic E-state index is 12.3. The van der Waals surface area contributed by atoms with Crippen molar-refractivity contribution in [2.75, 3.05) is 0 Å². The van der Waals surface area contributed by atoms with E-state index in [2.05, 4.69) is 0 Å². The van der Waals surface area contributed by atoms with Crippen LogP contribution in [0.5, 0.6) is 5.75 Å². The van der Waals surface area contributed by atoms with Gasteiger partial charge in [-0.15, -0.1) is 0 Å². The van der Waals surface area contributed by atoms with Crippen molar-refractivity contribution in [3.63, 3.8) is 0 Å². The van der Waals surface area contributed by atoms with Gasteiger partial charge >= 0.3 is 5.97 Å². The number of esters is 1. The SMILES string of the molecule is Cc1ccc(OC(=O)c2ccc(C#N)cc2)c2c1CCCC2=O. The van der Waals surface area contributed by atoms with Crippen LogP contribution < -0.4 is 4.74 Å². The average Bonchev–Trinajstić information content (AvgIpc) is 2.57. The topological polar surface area (TPSA) is 67.2 Å². The molecule has 0 N–H and O–H groups in total. The third-order valence-electron chi connectivity index (χ3n) is 4.07. The zero-order valence-corrected chi connectivity index (χ0v) is 12.8. The molecule has 0 saturated heterocycles. The molecule has 0 heterocycles. The number of aryl methyl sites for hydroxylation is 1. The molecule has 114 valence electrons. The van der Waals surface area contributed by atoms with E-state index in [9.17, 15) is 9.59 Å². The minimum absolute atomic E-state index is 0.0255. The fourth-order valence-corrected chi connectivity index (χ4v) is 2.83. The van der Waals surface area contributed by atoms with Crippen molar-refractivity contribution >= 4 is 11.8 Å². The highest BCUT2D eigenvalue weighted by molar-refractivity contribution is 6.02. The Balaban J connectivity index is 1.92. The molecule has 0 spiro atoms. The molecular weight excluding hydrogens is 290 g/mol. The van der Waals surface area contributed by atoms with Crippen LogP contribution in [0.2, 0.25) is 0 Å². The van der Waals surface area contributed by atoms with Crippen molar-refractivity contribution in [1.29, 1.82) is 5.26 Å². The second-order valence-corrected chi connectivity index (χ2v) is 5.59. The Hall–Kier alpha value is -2.93. The third kappa shape index (κ3) is 2.86. The highest BCUT2D eigenvalue weighted by atomic mass is 16.5. The molecule has 2 aromatic rings. The molecule has 2 aromatic carbocycles. The number of Topliss-reactive ketones (excluding diaryl/α,β-unsaturated/α-hetero) is 1. The molecule has 1 aliphatic rings. The van der Waals surface area contributed by atoms with Crippen molar-refractivity contribution in [3.05, 3.63) is 64.2 Å². The van der Waals surface area contributed by atoms with Crippen molar-refractivity contribution in [2.45, 2.75) is 26.2 Å². The highest BCUT2D eigenvalue weighted by Gasteiger charge is 2.24. The molecule has 4 heteroatoms. The van der Waals surface area contributed by atoms with E-state index in [4.69, 9.17) is 10.00 Å². The van der Waals surface area contributed by atoms with Crippen LogP contribution in [0.15, 0.2) is 36.4 Å². The molecule has 3 rings (SSSR count). The maximum absolute atomic E-state index is 12.3. The number of nitriles is 1.